The molecule has 0 bridgehead atoms. The number of fused-ring (bicyclic) bond motifs is 1. The average Bonchev–Trinajstić information content (AvgIpc) is 2.75. The van der Waals surface area contributed by atoms with Gasteiger partial charge in [-0.1, -0.05) is 27.7 Å². The topological polar surface area (TPSA) is 30.2 Å². The minimum atomic E-state index is 0.570. The Hall–Kier alpha value is -0.965. The fourth-order valence-electron chi connectivity index (χ4n) is 0.983. The van der Waals surface area contributed by atoms with Crippen molar-refractivity contribution in [3.05, 3.63) is 18.3 Å². The standard InChI is InChI=1S/C7H6BN3S.2C2H6/c1-12-7-3-2-6-9-4-5(8)11(6)10-7;2*1-2/h2-4H,1H3;2*1-2H3. The van der Waals surface area contributed by atoms with Crippen LogP contribution >= 0.6 is 11.8 Å². The maximum Gasteiger partial charge on any atom is 0.152 e. The summed E-state index contributed by atoms with van der Waals surface area (Å²) < 4.78 is 1.63. The van der Waals surface area contributed by atoms with Crippen molar-refractivity contribution in [3.8, 4) is 0 Å². The van der Waals surface area contributed by atoms with E-state index in [-0.39, 0.29) is 0 Å². The Morgan fingerprint density at radius 2 is 1.81 bits per heavy atom. The monoisotopic (exact) mass is 235 g/mol. The van der Waals surface area contributed by atoms with Crippen molar-refractivity contribution in [3.63, 3.8) is 0 Å². The molecule has 2 radical (unpaired) electrons. The maximum absolute atomic E-state index is 5.63. The molecule has 2 aromatic heterocycles. The summed E-state index contributed by atoms with van der Waals surface area (Å²) in [5.74, 6) is 0. The molecular weight excluding hydrogens is 217 g/mol. The summed E-state index contributed by atoms with van der Waals surface area (Å²) in [6.07, 6.45) is 3.58. The highest BCUT2D eigenvalue weighted by atomic mass is 32.2. The summed E-state index contributed by atoms with van der Waals surface area (Å²) in [5.41, 5.74) is 1.35. The zero-order chi connectivity index (χ0) is 12.6. The fraction of sp³-hybridized carbons (Fsp3) is 0.455. The number of thioether (sulfide) groups is 1. The molecule has 2 heterocycles. The van der Waals surface area contributed by atoms with Crippen LogP contribution in [0.2, 0.25) is 0 Å². The van der Waals surface area contributed by atoms with Crippen molar-refractivity contribution in [2.45, 2.75) is 32.7 Å². The van der Waals surface area contributed by atoms with E-state index in [9.17, 15) is 0 Å². The number of rotatable bonds is 1. The van der Waals surface area contributed by atoms with Crippen molar-refractivity contribution in [1.82, 2.24) is 14.6 Å². The van der Waals surface area contributed by atoms with Crippen LogP contribution in [-0.2, 0) is 0 Å². The molecule has 16 heavy (non-hydrogen) atoms. The lowest BCUT2D eigenvalue weighted by Gasteiger charge is -1.97. The van der Waals surface area contributed by atoms with Crippen molar-refractivity contribution in [2.24, 2.45) is 0 Å². The fourth-order valence-corrected chi connectivity index (χ4v) is 1.35. The van der Waals surface area contributed by atoms with Crippen LogP contribution in [-0.4, -0.2) is 28.7 Å². The lowest BCUT2D eigenvalue weighted by Crippen LogP contribution is -2.12. The molecule has 0 aliphatic heterocycles. The first-order chi connectivity index (χ1) is 7.81. The van der Waals surface area contributed by atoms with Gasteiger partial charge in [0.15, 0.2) is 5.65 Å². The van der Waals surface area contributed by atoms with E-state index in [1.165, 1.54) is 0 Å². The van der Waals surface area contributed by atoms with Gasteiger partial charge in [0.1, 0.15) is 12.9 Å². The Labute approximate surface area is 103 Å². The van der Waals surface area contributed by atoms with Crippen molar-refractivity contribution in [1.29, 1.82) is 0 Å². The van der Waals surface area contributed by atoms with Gasteiger partial charge in [0.05, 0.1) is 0 Å². The average molecular weight is 235 g/mol. The summed E-state index contributed by atoms with van der Waals surface area (Å²) in [5, 5.41) is 5.18. The first kappa shape index (κ1) is 15.0. The molecule has 0 aliphatic carbocycles. The number of nitrogens with zero attached hydrogens (tertiary/aromatic N) is 3. The van der Waals surface area contributed by atoms with Crippen LogP contribution in [0.25, 0.3) is 5.65 Å². The normalized spacial score (nSPS) is 8.81. The highest BCUT2D eigenvalue weighted by molar-refractivity contribution is 7.98. The van der Waals surface area contributed by atoms with Gasteiger partial charge in [0, 0.05) is 11.8 Å². The van der Waals surface area contributed by atoms with E-state index in [1.54, 1.807) is 22.5 Å². The summed E-state index contributed by atoms with van der Waals surface area (Å²) in [6, 6.07) is 3.82. The van der Waals surface area contributed by atoms with Crippen LogP contribution < -0.4 is 5.59 Å². The molecule has 86 valence electrons. The SMILES string of the molecule is CC.CC.[B]c1cnc2ccc(SC)nn12. The highest BCUT2D eigenvalue weighted by Crippen LogP contribution is 2.09. The minimum absolute atomic E-state index is 0.570. The number of aromatic nitrogens is 3. The van der Waals surface area contributed by atoms with Gasteiger partial charge in [-0.05, 0) is 18.4 Å². The van der Waals surface area contributed by atoms with E-state index in [1.807, 2.05) is 46.1 Å². The Kier molecular flexibility index (Phi) is 7.72. The molecule has 0 aliphatic rings. The zero-order valence-corrected chi connectivity index (χ0v) is 11.4. The number of imidazole rings is 1. The molecule has 2 aromatic rings. The lowest BCUT2D eigenvalue weighted by molar-refractivity contribution is 0.877. The molecular formula is C11H18BN3S. The van der Waals surface area contributed by atoms with E-state index in [4.69, 9.17) is 7.85 Å². The predicted octanol–water partition coefficient (Wildman–Crippen LogP) is 2.30. The molecule has 0 saturated carbocycles. The summed E-state index contributed by atoms with van der Waals surface area (Å²) in [7, 11) is 5.63. The molecule has 0 N–H and O–H groups in total. The van der Waals surface area contributed by atoms with Crippen LogP contribution in [0.3, 0.4) is 0 Å². The second kappa shape index (κ2) is 8.22. The molecule has 0 atom stereocenters. The van der Waals surface area contributed by atoms with Crippen LogP contribution in [0.15, 0.2) is 23.4 Å². The number of hydrogen-bond donors (Lipinski definition) is 0. The lowest BCUT2D eigenvalue weighted by atomic mass is 10.1. The van der Waals surface area contributed by atoms with Gasteiger partial charge in [-0.3, -0.25) is 0 Å². The van der Waals surface area contributed by atoms with E-state index in [2.05, 4.69) is 10.1 Å². The van der Waals surface area contributed by atoms with Gasteiger partial charge in [0.2, 0.25) is 0 Å². The molecule has 0 amide bonds. The third-order valence-electron chi connectivity index (χ3n) is 1.57. The van der Waals surface area contributed by atoms with E-state index < -0.39 is 0 Å². The molecule has 0 fully saturated rings. The molecule has 0 aromatic carbocycles. The third kappa shape index (κ3) is 3.56. The van der Waals surface area contributed by atoms with Crippen molar-refractivity contribution >= 4 is 30.8 Å². The predicted molar refractivity (Wildman–Crippen MR) is 72.9 cm³/mol. The largest absolute Gasteiger partial charge is 0.236 e. The molecule has 3 nitrogen and oxygen atoms in total. The van der Waals surface area contributed by atoms with E-state index >= 15 is 0 Å². The van der Waals surface area contributed by atoms with Gasteiger partial charge in [0.25, 0.3) is 0 Å². The molecule has 2 rings (SSSR count). The maximum atomic E-state index is 5.63. The van der Waals surface area contributed by atoms with Gasteiger partial charge >= 0.3 is 0 Å². The second-order valence-corrected chi connectivity index (χ2v) is 3.16. The Morgan fingerprint density at radius 3 is 2.38 bits per heavy atom. The van der Waals surface area contributed by atoms with E-state index in [0.717, 1.165) is 10.7 Å². The van der Waals surface area contributed by atoms with Gasteiger partial charge in [-0.25, -0.2) is 9.50 Å². The van der Waals surface area contributed by atoms with Crippen LogP contribution in [0, 0.1) is 0 Å². The van der Waals surface area contributed by atoms with Gasteiger partial charge in [-0.2, -0.15) is 5.10 Å². The Bertz CT molecular complexity index is 415. The number of hydrogen-bond acceptors (Lipinski definition) is 3. The summed E-state index contributed by atoms with van der Waals surface area (Å²) in [4.78, 5) is 4.06. The second-order valence-electron chi connectivity index (χ2n) is 2.33. The van der Waals surface area contributed by atoms with Crippen LogP contribution in [0.4, 0.5) is 0 Å². The summed E-state index contributed by atoms with van der Waals surface area (Å²) >= 11 is 1.58. The molecule has 5 heteroatoms. The quantitative estimate of drug-likeness (QED) is 0.561. The smallest absolute Gasteiger partial charge is 0.152 e. The van der Waals surface area contributed by atoms with E-state index in [0.29, 0.717) is 5.59 Å². The zero-order valence-electron chi connectivity index (χ0n) is 10.6. The summed E-state index contributed by atoms with van der Waals surface area (Å²) in [6.45, 7) is 8.00. The van der Waals surface area contributed by atoms with Crippen LogP contribution in [0.1, 0.15) is 27.7 Å². The van der Waals surface area contributed by atoms with Gasteiger partial charge < -0.3 is 0 Å². The minimum Gasteiger partial charge on any atom is -0.236 e. The molecule has 0 saturated heterocycles. The highest BCUT2D eigenvalue weighted by Gasteiger charge is 1.99. The van der Waals surface area contributed by atoms with Crippen LogP contribution in [0.5, 0.6) is 0 Å². The van der Waals surface area contributed by atoms with Crippen molar-refractivity contribution < 1.29 is 0 Å². The van der Waals surface area contributed by atoms with Gasteiger partial charge in [-0.15, -0.1) is 11.8 Å². The third-order valence-corrected chi connectivity index (χ3v) is 2.21. The molecule has 0 spiro atoms. The Balaban J connectivity index is 0.000000509. The first-order valence-corrected chi connectivity index (χ1v) is 6.68. The van der Waals surface area contributed by atoms with Crippen molar-refractivity contribution in [2.75, 3.05) is 6.26 Å². The molecule has 0 unspecified atom stereocenters. The first-order valence-electron chi connectivity index (χ1n) is 5.45. The Morgan fingerprint density at radius 1 is 1.19 bits per heavy atom.